The average molecular weight is 288 g/mol. The van der Waals surface area contributed by atoms with Crippen molar-refractivity contribution in [2.45, 2.75) is 6.42 Å². The smallest absolute Gasteiger partial charge is 0.181 e. The topological polar surface area (TPSA) is 54.5 Å². The van der Waals surface area contributed by atoms with Crippen LogP contribution in [-0.4, -0.2) is 28.1 Å². The second-order valence-electron chi connectivity index (χ2n) is 4.53. The van der Waals surface area contributed by atoms with E-state index in [1.807, 2.05) is 6.07 Å². The molecule has 4 nitrogen and oxygen atoms in total. The zero-order valence-electron chi connectivity index (χ0n) is 10.2. The van der Waals surface area contributed by atoms with E-state index in [4.69, 9.17) is 5.73 Å². The molecule has 3 heterocycles. The summed E-state index contributed by atoms with van der Waals surface area (Å²) in [6.45, 7) is 2.00. The van der Waals surface area contributed by atoms with Crippen LogP contribution in [0, 0.1) is 0 Å². The third-order valence-electron chi connectivity index (χ3n) is 3.29. The summed E-state index contributed by atoms with van der Waals surface area (Å²) in [6, 6.07) is 6.33. The summed E-state index contributed by atoms with van der Waals surface area (Å²) in [4.78, 5) is 11.2. The van der Waals surface area contributed by atoms with Gasteiger partial charge in [-0.15, -0.1) is 0 Å². The van der Waals surface area contributed by atoms with Crippen LogP contribution in [0.3, 0.4) is 0 Å². The number of aliphatic imine (C=N–C) groups is 1. The molecule has 0 fully saturated rings. The Hall–Kier alpha value is -1.53. The lowest BCUT2D eigenvalue weighted by Crippen LogP contribution is -2.28. The van der Waals surface area contributed by atoms with Crippen molar-refractivity contribution in [3.05, 3.63) is 29.2 Å². The number of nitrogens with two attached hydrogens (primary N) is 1. The Kier molecular flexibility index (Phi) is 2.53. The van der Waals surface area contributed by atoms with E-state index in [1.54, 1.807) is 11.8 Å². The summed E-state index contributed by atoms with van der Waals surface area (Å²) < 4.78 is 1.14. The third-order valence-corrected chi connectivity index (χ3v) is 5.03. The predicted octanol–water partition coefficient (Wildman–Crippen LogP) is 2.99. The number of aromatic nitrogens is 1. The average Bonchev–Trinajstić information content (AvgIpc) is 2.99. The van der Waals surface area contributed by atoms with Crippen molar-refractivity contribution in [1.29, 1.82) is 0 Å². The molecule has 0 amide bonds. The molecule has 4 rings (SSSR count). The molecule has 0 aliphatic carbocycles. The number of amidine groups is 1. The number of nitrogen functional groups attached to an aromatic ring is 1. The summed E-state index contributed by atoms with van der Waals surface area (Å²) in [6.07, 6.45) is 1.12. The van der Waals surface area contributed by atoms with Crippen molar-refractivity contribution in [1.82, 2.24) is 9.88 Å². The minimum atomic E-state index is 0.627. The van der Waals surface area contributed by atoms with E-state index in [1.165, 1.54) is 22.6 Å². The summed E-state index contributed by atoms with van der Waals surface area (Å²) in [5, 5.41) is 3.95. The molecule has 0 unspecified atom stereocenters. The van der Waals surface area contributed by atoms with Gasteiger partial charge >= 0.3 is 0 Å². The molecule has 0 bridgehead atoms. The fourth-order valence-corrected chi connectivity index (χ4v) is 4.14. The van der Waals surface area contributed by atoms with Crippen LogP contribution in [0.25, 0.3) is 15.9 Å². The number of hydrogen-bond acceptors (Lipinski definition) is 6. The molecule has 2 N–H and O–H groups in total. The van der Waals surface area contributed by atoms with Gasteiger partial charge in [0.05, 0.1) is 15.9 Å². The molecule has 1 aromatic heterocycles. The molecule has 6 heteroatoms. The predicted molar refractivity (Wildman–Crippen MR) is 83.2 cm³/mol. The van der Waals surface area contributed by atoms with Crippen molar-refractivity contribution in [3.63, 3.8) is 0 Å². The molecular formula is C13H12N4S2. The number of hydrogen-bond donors (Lipinski definition) is 1. The van der Waals surface area contributed by atoms with Crippen molar-refractivity contribution in [2.75, 3.05) is 18.8 Å². The lowest BCUT2D eigenvalue weighted by atomic mass is 10.1. The highest BCUT2D eigenvalue weighted by molar-refractivity contribution is 8.16. The fourth-order valence-electron chi connectivity index (χ4n) is 2.41. The van der Waals surface area contributed by atoms with Gasteiger partial charge in [-0.2, -0.15) is 0 Å². The minimum Gasteiger partial charge on any atom is -0.375 e. The van der Waals surface area contributed by atoms with Crippen LogP contribution in [0.4, 0.5) is 5.13 Å². The minimum absolute atomic E-state index is 0.627. The van der Waals surface area contributed by atoms with E-state index in [2.05, 4.69) is 32.4 Å². The van der Waals surface area contributed by atoms with Crippen molar-refractivity contribution in [2.24, 2.45) is 4.99 Å². The van der Waals surface area contributed by atoms with Crippen molar-refractivity contribution < 1.29 is 0 Å². The van der Waals surface area contributed by atoms with Crippen LogP contribution >= 0.6 is 23.1 Å². The normalized spacial score (nSPS) is 18.4. The van der Waals surface area contributed by atoms with Gasteiger partial charge in [0.2, 0.25) is 0 Å². The van der Waals surface area contributed by atoms with Crippen LogP contribution in [-0.2, 0) is 0 Å². The highest BCUT2D eigenvalue weighted by Crippen LogP contribution is 2.36. The maximum absolute atomic E-state index is 5.76. The van der Waals surface area contributed by atoms with Gasteiger partial charge in [-0.1, -0.05) is 29.2 Å². The van der Waals surface area contributed by atoms with E-state index in [0.29, 0.717) is 5.13 Å². The first-order chi connectivity index (χ1) is 9.31. The number of anilines is 1. The molecule has 96 valence electrons. The molecule has 0 atom stereocenters. The maximum Gasteiger partial charge on any atom is 0.181 e. The van der Waals surface area contributed by atoms with Gasteiger partial charge in [0.25, 0.3) is 0 Å². The second-order valence-corrected chi connectivity index (χ2v) is 6.42. The van der Waals surface area contributed by atoms with Crippen LogP contribution < -0.4 is 5.73 Å². The standard InChI is InChI=1S/C13H12N4S2/c14-12-16-9-3-2-8(6-11(9)19-12)10-7-18-13-15-4-1-5-17(10)13/h2-3,6-7H,1,4-5H2,(H2,14,16). The number of thiazole rings is 1. The van der Waals surface area contributed by atoms with E-state index in [-0.39, 0.29) is 0 Å². The highest BCUT2D eigenvalue weighted by Gasteiger charge is 2.25. The van der Waals surface area contributed by atoms with Gasteiger partial charge in [-0.3, -0.25) is 4.99 Å². The van der Waals surface area contributed by atoms with E-state index in [9.17, 15) is 0 Å². The lowest BCUT2D eigenvalue weighted by Gasteiger charge is -2.25. The van der Waals surface area contributed by atoms with Crippen LogP contribution in [0.1, 0.15) is 12.0 Å². The zero-order valence-corrected chi connectivity index (χ0v) is 11.8. The molecule has 0 spiro atoms. The van der Waals surface area contributed by atoms with Crippen LogP contribution in [0.2, 0.25) is 0 Å². The Morgan fingerprint density at radius 1 is 1.32 bits per heavy atom. The summed E-state index contributed by atoms with van der Waals surface area (Å²) in [7, 11) is 0. The Labute approximate surface area is 119 Å². The number of benzene rings is 1. The molecule has 0 saturated heterocycles. The quantitative estimate of drug-likeness (QED) is 0.876. The van der Waals surface area contributed by atoms with E-state index in [0.717, 1.165) is 34.9 Å². The molecule has 2 aliphatic rings. The number of rotatable bonds is 1. The lowest BCUT2D eigenvalue weighted by molar-refractivity contribution is 0.542. The Balaban J connectivity index is 1.78. The molecule has 19 heavy (non-hydrogen) atoms. The highest BCUT2D eigenvalue weighted by atomic mass is 32.2. The largest absolute Gasteiger partial charge is 0.375 e. The van der Waals surface area contributed by atoms with E-state index >= 15 is 0 Å². The van der Waals surface area contributed by atoms with E-state index < -0.39 is 0 Å². The van der Waals surface area contributed by atoms with Gasteiger partial charge in [-0.25, -0.2) is 4.98 Å². The molecule has 0 radical (unpaired) electrons. The van der Waals surface area contributed by atoms with Crippen LogP contribution in [0.15, 0.2) is 28.6 Å². The Bertz CT molecular complexity index is 717. The third kappa shape index (κ3) is 1.82. The molecule has 2 aliphatic heterocycles. The Morgan fingerprint density at radius 2 is 2.26 bits per heavy atom. The summed E-state index contributed by atoms with van der Waals surface area (Å²) in [5.41, 5.74) is 9.20. The molecule has 0 saturated carbocycles. The van der Waals surface area contributed by atoms with Crippen molar-refractivity contribution >= 4 is 49.3 Å². The second kappa shape index (κ2) is 4.25. The molecule has 2 aromatic rings. The first kappa shape index (κ1) is 11.3. The zero-order chi connectivity index (χ0) is 12.8. The van der Waals surface area contributed by atoms with Crippen molar-refractivity contribution in [3.8, 4) is 0 Å². The van der Waals surface area contributed by atoms with Gasteiger partial charge in [0.15, 0.2) is 10.3 Å². The molecular weight excluding hydrogens is 276 g/mol. The first-order valence-corrected chi connectivity index (χ1v) is 7.86. The SMILES string of the molecule is Nc1nc2ccc(C3=CSC4=NCCCN34)cc2s1. The Morgan fingerprint density at radius 3 is 3.21 bits per heavy atom. The van der Waals surface area contributed by atoms with Gasteiger partial charge in [0.1, 0.15) is 0 Å². The first-order valence-electron chi connectivity index (χ1n) is 6.16. The maximum atomic E-state index is 5.76. The molecule has 1 aromatic carbocycles. The summed E-state index contributed by atoms with van der Waals surface area (Å²) in [5.74, 6) is 0. The monoisotopic (exact) mass is 288 g/mol. The van der Waals surface area contributed by atoms with Gasteiger partial charge in [0, 0.05) is 24.1 Å². The van der Waals surface area contributed by atoms with Crippen LogP contribution in [0.5, 0.6) is 0 Å². The van der Waals surface area contributed by atoms with Gasteiger partial charge in [-0.05, 0) is 18.6 Å². The number of fused-ring (bicyclic) bond motifs is 2. The fraction of sp³-hybridized carbons (Fsp3) is 0.231. The summed E-state index contributed by atoms with van der Waals surface area (Å²) >= 11 is 3.26. The van der Waals surface area contributed by atoms with Gasteiger partial charge < -0.3 is 10.6 Å². The number of thioether (sulfide) groups is 1. The number of nitrogens with zero attached hydrogens (tertiary/aromatic N) is 3.